The van der Waals surface area contributed by atoms with E-state index in [1.54, 1.807) is 0 Å². The molecule has 0 radical (unpaired) electrons. The largest absolute Gasteiger partial charge is 0.480 e. The van der Waals surface area contributed by atoms with E-state index in [1.165, 1.54) is 13.8 Å². The van der Waals surface area contributed by atoms with Crippen LogP contribution in [-0.2, 0) is 14.8 Å². The SMILES string of the molecule is CC(C)S(=O)(=O)NC[C@H](N)C(=O)O. The molecule has 4 N–H and O–H groups in total. The van der Waals surface area contributed by atoms with Crippen LogP contribution in [0.15, 0.2) is 0 Å². The first-order chi connectivity index (χ1) is 5.77. The van der Waals surface area contributed by atoms with E-state index in [0.29, 0.717) is 0 Å². The third-order valence-corrected chi connectivity index (χ3v) is 3.25. The molecule has 0 rings (SSSR count). The minimum atomic E-state index is -3.42. The smallest absolute Gasteiger partial charge is 0.321 e. The van der Waals surface area contributed by atoms with Crippen LogP contribution < -0.4 is 10.5 Å². The number of hydrogen-bond acceptors (Lipinski definition) is 4. The molecule has 13 heavy (non-hydrogen) atoms. The zero-order valence-corrected chi connectivity index (χ0v) is 8.34. The Morgan fingerprint density at radius 3 is 2.31 bits per heavy atom. The second-order valence-corrected chi connectivity index (χ2v) is 5.21. The Labute approximate surface area is 77.2 Å². The number of carboxylic acids is 1. The van der Waals surface area contributed by atoms with E-state index in [4.69, 9.17) is 10.8 Å². The highest BCUT2D eigenvalue weighted by atomic mass is 32.2. The molecule has 0 unspecified atom stereocenters. The van der Waals surface area contributed by atoms with Gasteiger partial charge in [0.25, 0.3) is 0 Å². The number of nitrogens with two attached hydrogens (primary N) is 1. The number of rotatable bonds is 5. The Hall–Kier alpha value is -0.660. The molecule has 0 bridgehead atoms. The lowest BCUT2D eigenvalue weighted by atomic mass is 10.3. The van der Waals surface area contributed by atoms with Crippen LogP contribution >= 0.6 is 0 Å². The summed E-state index contributed by atoms with van der Waals surface area (Å²) in [6.45, 7) is 2.71. The monoisotopic (exact) mass is 210 g/mol. The highest BCUT2D eigenvalue weighted by Crippen LogP contribution is 1.95. The van der Waals surface area contributed by atoms with Gasteiger partial charge in [-0.15, -0.1) is 0 Å². The van der Waals surface area contributed by atoms with Crippen LogP contribution in [0.4, 0.5) is 0 Å². The molecular formula is C6H14N2O4S. The Bertz CT molecular complexity index is 272. The fourth-order valence-corrected chi connectivity index (χ4v) is 1.21. The van der Waals surface area contributed by atoms with Gasteiger partial charge in [0, 0.05) is 6.54 Å². The minimum Gasteiger partial charge on any atom is -0.480 e. The molecule has 0 fully saturated rings. The lowest BCUT2D eigenvalue weighted by Crippen LogP contribution is -2.44. The average molecular weight is 210 g/mol. The van der Waals surface area contributed by atoms with Crippen LogP contribution in [0.1, 0.15) is 13.8 Å². The molecule has 0 aliphatic heterocycles. The van der Waals surface area contributed by atoms with Gasteiger partial charge in [0.05, 0.1) is 5.25 Å². The van der Waals surface area contributed by atoms with E-state index < -0.39 is 27.3 Å². The second kappa shape index (κ2) is 4.54. The van der Waals surface area contributed by atoms with Crippen molar-refractivity contribution in [2.45, 2.75) is 25.1 Å². The summed E-state index contributed by atoms with van der Waals surface area (Å²) in [6.07, 6.45) is 0. The fraction of sp³-hybridized carbons (Fsp3) is 0.833. The van der Waals surface area contributed by atoms with Gasteiger partial charge in [0.2, 0.25) is 10.0 Å². The van der Waals surface area contributed by atoms with E-state index in [-0.39, 0.29) is 6.54 Å². The molecule has 0 aromatic rings. The lowest BCUT2D eigenvalue weighted by molar-refractivity contribution is -0.138. The number of aliphatic carboxylic acids is 1. The molecule has 78 valence electrons. The first-order valence-electron chi connectivity index (χ1n) is 3.74. The molecule has 0 aromatic carbocycles. The van der Waals surface area contributed by atoms with Crippen molar-refractivity contribution in [3.8, 4) is 0 Å². The predicted molar refractivity (Wildman–Crippen MR) is 47.7 cm³/mol. The highest BCUT2D eigenvalue weighted by molar-refractivity contribution is 7.90. The molecule has 0 aliphatic carbocycles. The van der Waals surface area contributed by atoms with Crippen molar-refractivity contribution in [1.29, 1.82) is 0 Å². The Kier molecular flexibility index (Phi) is 4.31. The molecule has 7 heteroatoms. The van der Waals surface area contributed by atoms with Crippen molar-refractivity contribution in [3.63, 3.8) is 0 Å². The summed E-state index contributed by atoms with van der Waals surface area (Å²) in [5, 5.41) is 7.77. The Morgan fingerprint density at radius 1 is 1.54 bits per heavy atom. The molecule has 6 nitrogen and oxygen atoms in total. The van der Waals surface area contributed by atoms with Crippen molar-refractivity contribution in [2.24, 2.45) is 5.73 Å². The first-order valence-corrected chi connectivity index (χ1v) is 5.29. The van der Waals surface area contributed by atoms with Crippen LogP contribution in [0.25, 0.3) is 0 Å². The standard InChI is InChI=1S/C6H14N2O4S/c1-4(2)13(11,12)8-3-5(7)6(9)10/h4-5,8H,3,7H2,1-2H3,(H,9,10)/t5-/m0/s1. The fourth-order valence-electron chi connectivity index (χ4n) is 0.460. The van der Waals surface area contributed by atoms with Crippen molar-refractivity contribution >= 4 is 16.0 Å². The maximum Gasteiger partial charge on any atom is 0.321 e. The lowest BCUT2D eigenvalue weighted by Gasteiger charge is -2.11. The maximum atomic E-state index is 11.1. The molecule has 0 spiro atoms. The van der Waals surface area contributed by atoms with Crippen LogP contribution in [0.2, 0.25) is 0 Å². The quantitative estimate of drug-likeness (QED) is 0.524. The van der Waals surface area contributed by atoms with Gasteiger partial charge in [-0.05, 0) is 13.8 Å². The van der Waals surface area contributed by atoms with Crippen LogP contribution in [0.3, 0.4) is 0 Å². The summed E-state index contributed by atoms with van der Waals surface area (Å²) in [5.41, 5.74) is 5.10. The van der Waals surface area contributed by atoms with E-state index in [1.807, 2.05) is 0 Å². The number of sulfonamides is 1. The number of hydrogen-bond donors (Lipinski definition) is 3. The summed E-state index contributed by atoms with van der Waals surface area (Å²) in [7, 11) is -3.42. The van der Waals surface area contributed by atoms with Gasteiger partial charge in [-0.2, -0.15) is 0 Å². The van der Waals surface area contributed by atoms with Crippen LogP contribution in [-0.4, -0.2) is 37.3 Å². The molecule has 0 aliphatic rings. The number of carboxylic acid groups (broad SMARTS) is 1. The zero-order valence-electron chi connectivity index (χ0n) is 7.52. The summed E-state index contributed by atoms with van der Waals surface area (Å²) in [6, 6.07) is -1.20. The average Bonchev–Trinajstić information content (AvgIpc) is 1.99. The van der Waals surface area contributed by atoms with Gasteiger partial charge < -0.3 is 10.8 Å². The second-order valence-electron chi connectivity index (χ2n) is 2.89. The minimum absolute atomic E-state index is 0.282. The molecule has 1 atom stereocenters. The molecule has 0 amide bonds. The van der Waals surface area contributed by atoms with Crippen molar-refractivity contribution < 1.29 is 18.3 Å². The normalized spacial score (nSPS) is 14.5. The maximum absolute atomic E-state index is 11.1. The highest BCUT2D eigenvalue weighted by Gasteiger charge is 2.19. The first kappa shape index (κ1) is 12.3. The summed E-state index contributed by atoms with van der Waals surface area (Å²) in [4.78, 5) is 10.2. The van der Waals surface area contributed by atoms with Crippen LogP contribution in [0, 0.1) is 0 Å². The third-order valence-electron chi connectivity index (χ3n) is 1.44. The molecule has 0 saturated heterocycles. The molecule has 0 saturated carbocycles. The van der Waals surface area contributed by atoms with Crippen molar-refractivity contribution in [1.82, 2.24) is 4.72 Å². The van der Waals surface area contributed by atoms with E-state index >= 15 is 0 Å². The molecular weight excluding hydrogens is 196 g/mol. The van der Waals surface area contributed by atoms with Gasteiger partial charge in [0.15, 0.2) is 0 Å². The molecule has 0 aromatic heterocycles. The summed E-state index contributed by atoms with van der Waals surface area (Å²) < 4.78 is 24.3. The van der Waals surface area contributed by atoms with Gasteiger partial charge in [-0.1, -0.05) is 0 Å². The summed E-state index contributed by atoms with van der Waals surface area (Å²) >= 11 is 0. The number of carbonyl (C=O) groups is 1. The Balaban J connectivity index is 4.11. The summed E-state index contributed by atoms with van der Waals surface area (Å²) in [5.74, 6) is -1.23. The third kappa shape index (κ3) is 4.20. The predicted octanol–water partition coefficient (Wildman–Crippen LogP) is -1.27. The van der Waals surface area contributed by atoms with E-state index in [9.17, 15) is 13.2 Å². The Morgan fingerprint density at radius 2 is 2.00 bits per heavy atom. The van der Waals surface area contributed by atoms with Gasteiger partial charge >= 0.3 is 5.97 Å². The topological polar surface area (TPSA) is 109 Å². The zero-order chi connectivity index (χ0) is 10.6. The molecule has 0 heterocycles. The van der Waals surface area contributed by atoms with Gasteiger partial charge in [-0.3, -0.25) is 4.79 Å². The van der Waals surface area contributed by atoms with Gasteiger partial charge in [-0.25, -0.2) is 13.1 Å². The van der Waals surface area contributed by atoms with Crippen molar-refractivity contribution in [3.05, 3.63) is 0 Å². The van der Waals surface area contributed by atoms with E-state index in [0.717, 1.165) is 0 Å². The van der Waals surface area contributed by atoms with Gasteiger partial charge in [0.1, 0.15) is 6.04 Å². The van der Waals surface area contributed by atoms with Crippen LogP contribution in [0.5, 0.6) is 0 Å². The van der Waals surface area contributed by atoms with E-state index in [2.05, 4.69) is 4.72 Å². The van der Waals surface area contributed by atoms with Crippen molar-refractivity contribution in [2.75, 3.05) is 6.54 Å². The number of nitrogens with one attached hydrogen (secondary N) is 1.